The van der Waals surface area contributed by atoms with Crippen LogP contribution in [0.2, 0.25) is 0 Å². The van der Waals surface area contributed by atoms with Crippen molar-refractivity contribution in [3.05, 3.63) is 58.9 Å². The number of hydrogen-bond donors (Lipinski definition) is 2. The van der Waals surface area contributed by atoms with Gasteiger partial charge >= 0.3 is 0 Å². The zero-order chi connectivity index (χ0) is 14.7. The van der Waals surface area contributed by atoms with E-state index in [0.29, 0.717) is 5.69 Å². The lowest BCUT2D eigenvalue weighted by Gasteiger charge is -2.13. The maximum absolute atomic E-state index is 13.0. The molecule has 0 radical (unpaired) electrons. The fourth-order valence-corrected chi connectivity index (χ4v) is 1.88. The number of anilines is 1. The Morgan fingerprint density at radius 2 is 2.05 bits per heavy atom. The number of carbonyl (C=O) groups is 1. The van der Waals surface area contributed by atoms with Gasteiger partial charge < -0.3 is 16.2 Å². The van der Waals surface area contributed by atoms with E-state index in [4.69, 9.17) is 16.2 Å². The van der Waals surface area contributed by atoms with Crippen LogP contribution >= 0.6 is 0 Å². The van der Waals surface area contributed by atoms with Gasteiger partial charge in [0.15, 0.2) is 5.75 Å². The van der Waals surface area contributed by atoms with Crippen LogP contribution in [-0.2, 0) is 6.61 Å². The summed E-state index contributed by atoms with van der Waals surface area (Å²) in [5.74, 6) is -0.657. The molecule has 0 atom stereocenters. The summed E-state index contributed by atoms with van der Waals surface area (Å²) in [5, 5.41) is 0. The molecule has 0 aromatic heterocycles. The molecule has 4 nitrogen and oxygen atoms in total. The lowest BCUT2D eigenvalue weighted by molar-refractivity contribution is 0.0996. The first-order valence-corrected chi connectivity index (χ1v) is 6.05. The first kappa shape index (κ1) is 13.9. The van der Waals surface area contributed by atoms with Gasteiger partial charge in [-0.2, -0.15) is 0 Å². The third-order valence-electron chi connectivity index (χ3n) is 2.99. The zero-order valence-electron chi connectivity index (χ0n) is 11.0. The molecule has 104 valence electrons. The molecule has 0 saturated heterocycles. The molecule has 0 aliphatic heterocycles. The Labute approximate surface area is 116 Å². The number of rotatable bonds is 4. The van der Waals surface area contributed by atoms with Gasteiger partial charge in [-0.3, -0.25) is 4.79 Å². The third-order valence-corrected chi connectivity index (χ3v) is 2.99. The first-order valence-electron chi connectivity index (χ1n) is 6.05. The van der Waals surface area contributed by atoms with Crippen LogP contribution in [0, 0.1) is 12.7 Å². The summed E-state index contributed by atoms with van der Waals surface area (Å²) in [6, 6.07) is 9.21. The second-order valence-electron chi connectivity index (χ2n) is 4.45. The van der Waals surface area contributed by atoms with Gasteiger partial charge in [0.25, 0.3) is 5.91 Å². The minimum Gasteiger partial charge on any atom is -0.486 e. The van der Waals surface area contributed by atoms with E-state index in [-0.39, 0.29) is 23.7 Å². The summed E-state index contributed by atoms with van der Waals surface area (Å²) >= 11 is 0. The van der Waals surface area contributed by atoms with Crippen molar-refractivity contribution in [1.82, 2.24) is 0 Å². The van der Waals surface area contributed by atoms with Gasteiger partial charge in [0.1, 0.15) is 12.4 Å². The highest BCUT2D eigenvalue weighted by Gasteiger charge is 2.13. The predicted molar refractivity (Wildman–Crippen MR) is 74.8 cm³/mol. The predicted octanol–water partition coefficient (Wildman–Crippen LogP) is 2.39. The molecule has 0 spiro atoms. The van der Waals surface area contributed by atoms with Gasteiger partial charge in [-0.25, -0.2) is 4.39 Å². The maximum atomic E-state index is 13.0. The Morgan fingerprint density at radius 3 is 2.70 bits per heavy atom. The number of amides is 1. The van der Waals surface area contributed by atoms with Gasteiger partial charge in [-0.05, 0) is 42.3 Å². The normalized spacial score (nSPS) is 10.3. The largest absolute Gasteiger partial charge is 0.486 e. The molecule has 0 heterocycles. The fourth-order valence-electron chi connectivity index (χ4n) is 1.88. The van der Waals surface area contributed by atoms with Crippen LogP contribution in [0.15, 0.2) is 36.4 Å². The summed E-state index contributed by atoms with van der Waals surface area (Å²) in [4.78, 5) is 11.3. The van der Waals surface area contributed by atoms with Gasteiger partial charge in [-0.1, -0.05) is 12.1 Å². The molecule has 4 N–H and O–H groups in total. The molecule has 2 aromatic carbocycles. The van der Waals surface area contributed by atoms with Gasteiger partial charge in [0.2, 0.25) is 0 Å². The van der Waals surface area contributed by atoms with Gasteiger partial charge in [0.05, 0.1) is 11.3 Å². The molecular formula is C15H15FN2O2. The van der Waals surface area contributed by atoms with Crippen LogP contribution in [0.5, 0.6) is 5.75 Å². The Bertz CT molecular complexity index is 656. The number of halogens is 1. The molecule has 0 bridgehead atoms. The van der Waals surface area contributed by atoms with Crippen molar-refractivity contribution in [2.75, 3.05) is 5.73 Å². The molecule has 2 rings (SSSR count). The highest BCUT2D eigenvalue weighted by molar-refractivity contribution is 5.97. The quantitative estimate of drug-likeness (QED) is 0.840. The van der Waals surface area contributed by atoms with Crippen LogP contribution in [-0.4, -0.2) is 5.91 Å². The van der Waals surface area contributed by atoms with E-state index in [0.717, 1.165) is 11.1 Å². The Balaban J connectivity index is 2.25. The summed E-state index contributed by atoms with van der Waals surface area (Å²) < 4.78 is 18.6. The summed E-state index contributed by atoms with van der Waals surface area (Å²) in [6.45, 7) is 1.96. The molecule has 0 saturated carbocycles. The van der Waals surface area contributed by atoms with Crippen molar-refractivity contribution in [2.24, 2.45) is 5.73 Å². The number of para-hydroxylation sites is 1. The molecule has 2 aromatic rings. The fraction of sp³-hybridized carbons (Fsp3) is 0.133. The molecular weight excluding hydrogens is 259 g/mol. The summed E-state index contributed by atoms with van der Waals surface area (Å²) in [5.41, 5.74) is 13.2. The van der Waals surface area contributed by atoms with Crippen LogP contribution in [0.25, 0.3) is 0 Å². The second kappa shape index (κ2) is 5.61. The Morgan fingerprint density at radius 1 is 1.30 bits per heavy atom. The molecule has 0 fully saturated rings. The van der Waals surface area contributed by atoms with Gasteiger partial charge in [0, 0.05) is 0 Å². The topological polar surface area (TPSA) is 78.3 Å². The zero-order valence-corrected chi connectivity index (χ0v) is 11.0. The molecule has 0 aliphatic rings. The smallest absolute Gasteiger partial charge is 0.252 e. The minimum absolute atomic E-state index is 0.181. The van der Waals surface area contributed by atoms with Crippen LogP contribution in [0.4, 0.5) is 10.1 Å². The van der Waals surface area contributed by atoms with E-state index in [1.165, 1.54) is 12.1 Å². The average molecular weight is 274 g/mol. The maximum Gasteiger partial charge on any atom is 0.252 e. The second-order valence-corrected chi connectivity index (χ2v) is 4.45. The number of carbonyl (C=O) groups excluding carboxylic acids is 1. The number of benzene rings is 2. The Hall–Kier alpha value is -2.56. The highest BCUT2D eigenvalue weighted by atomic mass is 19.1. The molecule has 0 aliphatic carbocycles. The van der Waals surface area contributed by atoms with E-state index in [1.807, 2.05) is 0 Å². The van der Waals surface area contributed by atoms with Crippen LogP contribution < -0.4 is 16.2 Å². The minimum atomic E-state index is -0.608. The van der Waals surface area contributed by atoms with Crippen molar-refractivity contribution in [2.45, 2.75) is 13.5 Å². The first-order chi connectivity index (χ1) is 9.49. The van der Waals surface area contributed by atoms with Gasteiger partial charge in [-0.15, -0.1) is 0 Å². The third kappa shape index (κ3) is 2.88. The molecule has 1 amide bonds. The summed E-state index contributed by atoms with van der Waals surface area (Å²) in [7, 11) is 0. The van der Waals surface area contributed by atoms with E-state index in [2.05, 4.69) is 0 Å². The monoisotopic (exact) mass is 274 g/mol. The number of nitrogens with two attached hydrogens (primary N) is 2. The average Bonchev–Trinajstić information content (AvgIpc) is 2.38. The summed E-state index contributed by atoms with van der Waals surface area (Å²) in [6.07, 6.45) is 0. The van der Waals surface area contributed by atoms with Crippen LogP contribution in [0.3, 0.4) is 0 Å². The van der Waals surface area contributed by atoms with E-state index >= 15 is 0 Å². The van der Waals surface area contributed by atoms with Crippen molar-refractivity contribution in [3.8, 4) is 5.75 Å². The molecule has 5 heteroatoms. The van der Waals surface area contributed by atoms with E-state index in [9.17, 15) is 9.18 Å². The number of ether oxygens (including phenoxy) is 1. The van der Waals surface area contributed by atoms with E-state index < -0.39 is 5.91 Å². The lowest BCUT2D eigenvalue weighted by Crippen LogP contribution is -2.14. The van der Waals surface area contributed by atoms with Crippen molar-refractivity contribution < 1.29 is 13.9 Å². The Kier molecular flexibility index (Phi) is 3.89. The molecule has 20 heavy (non-hydrogen) atoms. The van der Waals surface area contributed by atoms with Crippen LogP contribution in [0.1, 0.15) is 21.5 Å². The van der Waals surface area contributed by atoms with Crippen molar-refractivity contribution in [3.63, 3.8) is 0 Å². The highest BCUT2D eigenvalue weighted by Crippen LogP contribution is 2.27. The van der Waals surface area contributed by atoms with E-state index in [1.54, 1.807) is 31.2 Å². The number of nitrogen functional groups attached to an aromatic ring is 1. The lowest BCUT2D eigenvalue weighted by atomic mass is 10.1. The number of primary amides is 1. The van der Waals surface area contributed by atoms with Crippen molar-refractivity contribution in [1.29, 1.82) is 0 Å². The van der Waals surface area contributed by atoms with Crippen molar-refractivity contribution >= 4 is 11.6 Å². The number of aryl methyl sites for hydroxylation is 1. The standard InChI is InChI=1S/C15H15FN2O2/c1-9-7-11(16)6-5-10(9)8-20-14-12(15(18)19)3-2-4-13(14)17/h2-7H,8,17H2,1H3,(H2,18,19). The SMILES string of the molecule is Cc1cc(F)ccc1COc1c(N)cccc1C(N)=O. The number of hydrogen-bond acceptors (Lipinski definition) is 3. The molecule has 0 unspecified atom stereocenters.